The number of hydrogen-bond donors (Lipinski definition) is 1. The number of nitrogens with zero attached hydrogens (tertiary/aromatic N) is 1. The largest absolute Gasteiger partial charge is 0.495 e. The number of sulfonamides is 1. The fourth-order valence-electron chi connectivity index (χ4n) is 2.88. The van der Waals surface area contributed by atoms with Crippen molar-refractivity contribution in [1.82, 2.24) is 5.32 Å². The molecule has 0 unspecified atom stereocenters. The number of rotatable bonds is 9. The normalized spacial score (nSPS) is 11.1. The Hall–Kier alpha value is -2.74. The Labute approximate surface area is 172 Å². The molecule has 2 aromatic carbocycles. The molecule has 2 rings (SSSR count). The third kappa shape index (κ3) is 6.39. The minimum Gasteiger partial charge on any atom is -0.495 e. The lowest BCUT2D eigenvalue weighted by atomic mass is 10.1. The fourth-order valence-corrected chi connectivity index (χ4v) is 3.73. The molecule has 0 radical (unpaired) electrons. The predicted octanol–water partition coefficient (Wildman–Crippen LogP) is 2.58. The summed E-state index contributed by atoms with van der Waals surface area (Å²) in [6, 6.07) is 11.0. The van der Waals surface area contributed by atoms with Crippen molar-refractivity contribution in [2.24, 2.45) is 0 Å². The number of anilines is 1. The predicted molar refractivity (Wildman–Crippen MR) is 114 cm³/mol. The number of nitrogens with one attached hydrogen (secondary N) is 1. The van der Waals surface area contributed by atoms with E-state index in [2.05, 4.69) is 5.32 Å². The summed E-state index contributed by atoms with van der Waals surface area (Å²) < 4.78 is 36.6. The summed E-state index contributed by atoms with van der Waals surface area (Å²) in [5.41, 5.74) is 3.36. The first-order valence-corrected chi connectivity index (χ1v) is 11.1. The molecule has 8 heteroatoms. The van der Waals surface area contributed by atoms with Gasteiger partial charge in [0.1, 0.15) is 24.7 Å². The van der Waals surface area contributed by atoms with Crippen molar-refractivity contribution >= 4 is 21.6 Å². The summed E-state index contributed by atoms with van der Waals surface area (Å²) in [4.78, 5) is 12.4. The Balaban J connectivity index is 2.00. The zero-order valence-electron chi connectivity index (χ0n) is 17.5. The molecule has 0 aliphatic heterocycles. The lowest BCUT2D eigenvalue weighted by molar-refractivity contribution is -0.119. The second-order valence-corrected chi connectivity index (χ2v) is 8.82. The Morgan fingerprint density at radius 3 is 2.24 bits per heavy atom. The van der Waals surface area contributed by atoms with E-state index in [-0.39, 0.29) is 19.7 Å². The monoisotopic (exact) mass is 420 g/mol. The Morgan fingerprint density at radius 2 is 1.66 bits per heavy atom. The molecule has 0 aromatic heterocycles. The fraction of sp³-hybridized carbons (Fsp3) is 0.381. The summed E-state index contributed by atoms with van der Waals surface area (Å²) in [6.07, 6.45) is 1.06. The number of carbonyl (C=O) groups is 1. The van der Waals surface area contributed by atoms with Crippen molar-refractivity contribution in [3.8, 4) is 11.5 Å². The summed E-state index contributed by atoms with van der Waals surface area (Å²) in [6.45, 7) is 6.00. The van der Waals surface area contributed by atoms with Crippen LogP contribution in [0.1, 0.15) is 16.7 Å². The minimum atomic E-state index is -3.68. The standard InChI is InChI=1S/C21H28N2O5S/c1-15-6-8-19(17(3)12-15)28-11-10-22-21(24)14-23(29(5,25)26)18-13-16(2)7-9-20(18)27-4/h6-9,12-13H,10-11,14H2,1-5H3,(H,22,24). The maximum atomic E-state index is 12.4. The molecule has 0 aliphatic carbocycles. The molecular formula is C21H28N2O5S. The molecule has 2 aromatic rings. The van der Waals surface area contributed by atoms with Crippen LogP contribution in [0.5, 0.6) is 11.5 Å². The van der Waals surface area contributed by atoms with Crippen LogP contribution in [-0.2, 0) is 14.8 Å². The van der Waals surface area contributed by atoms with Gasteiger partial charge in [-0.05, 0) is 50.1 Å². The van der Waals surface area contributed by atoms with Crippen LogP contribution in [0, 0.1) is 20.8 Å². The molecule has 0 atom stereocenters. The van der Waals surface area contributed by atoms with E-state index in [1.165, 1.54) is 7.11 Å². The first-order chi connectivity index (χ1) is 13.6. The second kappa shape index (κ2) is 9.65. The number of aryl methyl sites for hydroxylation is 3. The van der Waals surface area contributed by atoms with E-state index in [1.807, 2.05) is 45.0 Å². The first kappa shape index (κ1) is 22.5. The van der Waals surface area contributed by atoms with E-state index in [0.717, 1.165) is 33.0 Å². The van der Waals surface area contributed by atoms with E-state index in [1.54, 1.807) is 12.1 Å². The lowest BCUT2D eigenvalue weighted by Crippen LogP contribution is -2.41. The van der Waals surface area contributed by atoms with Gasteiger partial charge < -0.3 is 14.8 Å². The molecule has 0 saturated carbocycles. The van der Waals surface area contributed by atoms with Gasteiger partial charge in [0.2, 0.25) is 15.9 Å². The van der Waals surface area contributed by atoms with Crippen LogP contribution in [0.15, 0.2) is 36.4 Å². The SMILES string of the molecule is COc1ccc(C)cc1N(CC(=O)NCCOc1ccc(C)cc1C)S(C)(=O)=O. The van der Waals surface area contributed by atoms with E-state index >= 15 is 0 Å². The van der Waals surface area contributed by atoms with E-state index in [9.17, 15) is 13.2 Å². The Morgan fingerprint density at radius 1 is 1.03 bits per heavy atom. The van der Waals surface area contributed by atoms with Gasteiger partial charge in [-0.3, -0.25) is 9.10 Å². The molecule has 7 nitrogen and oxygen atoms in total. The van der Waals surface area contributed by atoms with Gasteiger partial charge in [0.05, 0.1) is 25.6 Å². The highest BCUT2D eigenvalue weighted by atomic mass is 32.2. The van der Waals surface area contributed by atoms with Crippen molar-refractivity contribution in [1.29, 1.82) is 0 Å². The van der Waals surface area contributed by atoms with Crippen LogP contribution in [0.25, 0.3) is 0 Å². The van der Waals surface area contributed by atoms with Gasteiger partial charge in [0.25, 0.3) is 0 Å². The number of hydrogen-bond acceptors (Lipinski definition) is 5. The van der Waals surface area contributed by atoms with Gasteiger partial charge in [0, 0.05) is 0 Å². The molecule has 1 N–H and O–H groups in total. The van der Waals surface area contributed by atoms with E-state index in [4.69, 9.17) is 9.47 Å². The van der Waals surface area contributed by atoms with Crippen molar-refractivity contribution in [3.05, 3.63) is 53.1 Å². The summed E-state index contributed by atoms with van der Waals surface area (Å²) in [7, 11) is -2.23. The smallest absolute Gasteiger partial charge is 0.240 e. The van der Waals surface area contributed by atoms with Crippen LogP contribution in [0.4, 0.5) is 5.69 Å². The maximum Gasteiger partial charge on any atom is 0.240 e. The topological polar surface area (TPSA) is 84.9 Å². The molecule has 0 fully saturated rings. The van der Waals surface area contributed by atoms with Gasteiger partial charge >= 0.3 is 0 Å². The number of ether oxygens (including phenoxy) is 2. The second-order valence-electron chi connectivity index (χ2n) is 6.91. The molecule has 158 valence electrons. The van der Waals surface area contributed by atoms with Crippen molar-refractivity contribution in [2.45, 2.75) is 20.8 Å². The molecule has 0 saturated heterocycles. The highest BCUT2D eigenvalue weighted by molar-refractivity contribution is 7.92. The van der Waals surface area contributed by atoms with Gasteiger partial charge in [-0.25, -0.2) is 8.42 Å². The van der Waals surface area contributed by atoms with Crippen molar-refractivity contribution in [2.75, 3.05) is 37.4 Å². The van der Waals surface area contributed by atoms with Crippen molar-refractivity contribution < 1.29 is 22.7 Å². The first-order valence-electron chi connectivity index (χ1n) is 9.21. The zero-order valence-corrected chi connectivity index (χ0v) is 18.3. The third-order valence-corrected chi connectivity index (χ3v) is 5.43. The minimum absolute atomic E-state index is 0.259. The summed E-state index contributed by atoms with van der Waals surface area (Å²) >= 11 is 0. The highest BCUT2D eigenvalue weighted by Crippen LogP contribution is 2.30. The molecule has 0 heterocycles. The van der Waals surface area contributed by atoms with Gasteiger partial charge in [0.15, 0.2) is 0 Å². The molecule has 29 heavy (non-hydrogen) atoms. The number of amides is 1. The molecule has 0 bridgehead atoms. The van der Waals surface area contributed by atoms with Gasteiger partial charge in [-0.1, -0.05) is 23.8 Å². The average molecular weight is 421 g/mol. The maximum absolute atomic E-state index is 12.4. The molecule has 0 aliphatic rings. The average Bonchev–Trinajstić information content (AvgIpc) is 2.63. The zero-order chi connectivity index (χ0) is 21.6. The number of methoxy groups -OCH3 is 1. The van der Waals surface area contributed by atoms with Gasteiger partial charge in [-0.2, -0.15) is 0 Å². The van der Waals surface area contributed by atoms with Gasteiger partial charge in [-0.15, -0.1) is 0 Å². The van der Waals surface area contributed by atoms with Crippen LogP contribution in [0.3, 0.4) is 0 Å². The number of carbonyl (C=O) groups excluding carboxylic acids is 1. The highest BCUT2D eigenvalue weighted by Gasteiger charge is 2.24. The molecule has 1 amide bonds. The Bertz CT molecular complexity index is 973. The number of benzene rings is 2. The lowest BCUT2D eigenvalue weighted by Gasteiger charge is -2.24. The Kier molecular flexibility index (Phi) is 7.50. The summed E-state index contributed by atoms with van der Waals surface area (Å²) in [5.74, 6) is 0.710. The quantitative estimate of drug-likeness (QED) is 0.631. The van der Waals surface area contributed by atoms with Crippen LogP contribution >= 0.6 is 0 Å². The molecular weight excluding hydrogens is 392 g/mol. The van der Waals surface area contributed by atoms with Crippen LogP contribution in [-0.4, -0.2) is 47.4 Å². The van der Waals surface area contributed by atoms with Crippen molar-refractivity contribution in [3.63, 3.8) is 0 Å². The third-order valence-electron chi connectivity index (χ3n) is 4.30. The van der Waals surface area contributed by atoms with E-state index < -0.39 is 15.9 Å². The molecule has 0 spiro atoms. The van der Waals surface area contributed by atoms with E-state index in [0.29, 0.717) is 11.4 Å². The summed E-state index contributed by atoms with van der Waals surface area (Å²) in [5, 5.41) is 2.70. The van der Waals surface area contributed by atoms with Crippen LogP contribution in [0.2, 0.25) is 0 Å². The van der Waals surface area contributed by atoms with Crippen LogP contribution < -0.4 is 19.1 Å².